The minimum atomic E-state index is -0.956. The fourth-order valence-electron chi connectivity index (χ4n) is 3.03. The second-order valence-electron chi connectivity index (χ2n) is 5.69. The molecule has 0 aromatic heterocycles. The first-order valence-electron chi connectivity index (χ1n) is 7.59. The van der Waals surface area contributed by atoms with Crippen molar-refractivity contribution in [2.24, 2.45) is 0 Å². The third-order valence-electron chi connectivity index (χ3n) is 4.31. The molecule has 0 atom stereocenters. The number of hydrogen-bond donors (Lipinski definition) is 2. The number of carboxylic acids is 1. The molecule has 1 aliphatic rings. The number of benzene rings is 2. The summed E-state index contributed by atoms with van der Waals surface area (Å²) in [6.45, 7) is 1.30. The van der Waals surface area contributed by atoms with Crippen LogP contribution in [0.1, 0.15) is 18.4 Å². The highest BCUT2D eigenvalue weighted by atomic mass is 19.1. The lowest BCUT2D eigenvalue weighted by Gasteiger charge is -2.35. The molecule has 4 nitrogen and oxygen atoms in total. The topological polar surface area (TPSA) is 58.6 Å². The third-order valence-corrected chi connectivity index (χ3v) is 4.31. The molecule has 1 aliphatic heterocycles. The van der Waals surface area contributed by atoms with E-state index in [9.17, 15) is 14.3 Å². The van der Waals surface area contributed by atoms with Gasteiger partial charge in [0.15, 0.2) is 0 Å². The molecule has 1 heterocycles. The van der Waals surface area contributed by atoms with Gasteiger partial charge in [-0.25, -0.2) is 4.39 Å². The van der Waals surface area contributed by atoms with Gasteiger partial charge in [-0.15, -0.1) is 0 Å². The Morgan fingerprint density at radius 3 is 2.39 bits per heavy atom. The second kappa shape index (κ2) is 6.38. The lowest BCUT2D eigenvalue weighted by atomic mass is 9.73. The molecule has 0 aliphatic carbocycles. The Morgan fingerprint density at radius 2 is 1.74 bits per heavy atom. The molecule has 3 rings (SSSR count). The van der Waals surface area contributed by atoms with Crippen LogP contribution in [0.15, 0.2) is 48.5 Å². The molecule has 2 aromatic carbocycles. The molecule has 2 N–H and O–H groups in total. The van der Waals surface area contributed by atoms with E-state index in [-0.39, 0.29) is 5.82 Å². The van der Waals surface area contributed by atoms with Gasteiger partial charge in [-0.05, 0) is 56.3 Å². The van der Waals surface area contributed by atoms with Crippen molar-refractivity contribution < 1.29 is 19.0 Å². The van der Waals surface area contributed by atoms with Crippen molar-refractivity contribution >= 4 is 5.97 Å². The van der Waals surface area contributed by atoms with Gasteiger partial charge in [-0.1, -0.05) is 18.2 Å². The summed E-state index contributed by atoms with van der Waals surface area (Å²) in [5.74, 6) is -0.197. The maximum Gasteiger partial charge on any atom is 0.314 e. The van der Waals surface area contributed by atoms with Gasteiger partial charge in [0.25, 0.3) is 0 Å². The van der Waals surface area contributed by atoms with Crippen molar-refractivity contribution in [1.82, 2.24) is 5.32 Å². The van der Waals surface area contributed by atoms with E-state index in [0.29, 0.717) is 43.0 Å². The summed E-state index contributed by atoms with van der Waals surface area (Å²) in [5, 5.41) is 13.0. The molecule has 5 heteroatoms. The number of piperidine rings is 1. The number of ether oxygens (including phenoxy) is 1. The van der Waals surface area contributed by atoms with Crippen LogP contribution in [-0.2, 0) is 10.2 Å². The highest BCUT2D eigenvalue weighted by molar-refractivity contribution is 5.82. The number of halogens is 1. The van der Waals surface area contributed by atoms with Gasteiger partial charge in [0, 0.05) is 5.56 Å². The van der Waals surface area contributed by atoms with Gasteiger partial charge in [-0.2, -0.15) is 0 Å². The normalized spacial score (nSPS) is 16.7. The smallest absolute Gasteiger partial charge is 0.314 e. The van der Waals surface area contributed by atoms with Gasteiger partial charge < -0.3 is 15.2 Å². The Morgan fingerprint density at radius 1 is 1.09 bits per heavy atom. The van der Waals surface area contributed by atoms with Crippen LogP contribution >= 0.6 is 0 Å². The first-order valence-corrected chi connectivity index (χ1v) is 7.59. The van der Waals surface area contributed by atoms with Crippen LogP contribution in [0.5, 0.6) is 11.5 Å². The zero-order valence-electron chi connectivity index (χ0n) is 12.6. The van der Waals surface area contributed by atoms with Crippen molar-refractivity contribution in [3.8, 4) is 11.5 Å². The molecule has 0 bridgehead atoms. The van der Waals surface area contributed by atoms with Crippen molar-refractivity contribution in [3.05, 3.63) is 59.9 Å². The van der Waals surface area contributed by atoms with E-state index in [0.717, 1.165) is 0 Å². The monoisotopic (exact) mass is 315 g/mol. The summed E-state index contributed by atoms with van der Waals surface area (Å²) >= 11 is 0. The number of hydrogen-bond acceptors (Lipinski definition) is 3. The summed E-state index contributed by atoms with van der Waals surface area (Å²) in [4.78, 5) is 12.0. The largest absolute Gasteiger partial charge is 0.481 e. The van der Waals surface area contributed by atoms with E-state index >= 15 is 0 Å². The van der Waals surface area contributed by atoms with E-state index in [1.807, 2.05) is 6.07 Å². The van der Waals surface area contributed by atoms with Gasteiger partial charge in [0.05, 0.1) is 5.41 Å². The van der Waals surface area contributed by atoms with Crippen LogP contribution in [0, 0.1) is 5.82 Å². The average molecular weight is 315 g/mol. The highest BCUT2D eigenvalue weighted by Crippen LogP contribution is 2.40. The van der Waals surface area contributed by atoms with Gasteiger partial charge in [-0.3, -0.25) is 4.79 Å². The van der Waals surface area contributed by atoms with Crippen LogP contribution in [0.3, 0.4) is 0 Å². The molecule has 1 saturated heterocycles. The number of carbonyl (C=O) groups is 1. The Balaban J connectivity index is 1.99. The van der Waals surface area contributed by atoms with Crippen LogP contribution < -0.4 is 10.1 Å². The number of rotatable bonds is 4. The SMILES string of the molecule is O=C(O)C1(c2ccccc2Oc2ccc(F)cc2)CCNCC1. The fraction of sp³-hybridized carbons (Fsp3) is 0.278. The summed E-state index contributed by atoms with van der Waals surface area (Å²) in [5.41, 5.74) is -0.291. The molecule has 120 valence electrons. The van der Waals surface area contributed by atoms with Crippen LogP contribution in [0.2, 0.25) is 0 Å². The molecule has 0 radical (unpaired) electrons. The standard InChI is InChI=1S/C18H18FNO3/c19-13-5-7-14(8-6-13)23-16-4-2-1-3-15(16)18(17(21)22)9-11-20-12-10-18/h1-8,20H,9-12H2,(H,21,22). The van der Waals surface area contributed by atoms with Crippen molar-refractivity contribution in [1.29, 1.82) is 0 Å². The molecule has 2 aromatic rings. The van der Waals surface area contributed by atoms with Crippen molar-refractivity contribution in [2.75, 3.05) is 13.1 Å². The van der Waals surface area contributed by atoms with Gasteiger partial charge >= 0.3 is 5.97 Å². The Bertz CT molecular complexity index is 694. The maximum atomic E-state index is 13.0. The van der Waals surface area contributed by atoms with E-state index in [1.165, 1.54) is 24.3 Å². The predicted molar refractivity (Wildman–Crippen MR) is 84.3 cm³/mol. The lowest BCUT2D eigenvalue weighted by Crippen LogP contribution is -2.45. The Labute approximate surface area is 133 Å². The van der Waals surface area contributed by atoms with Crippen LogP contribution in [0.4, 0.5) is 4.39 Å². The quantitative estimate of drug-likeness (QED) is 0.908. The average Bonchev–Trinajstić information content (AvgIpc) is 2.58. The summed E-state index contributed by atoms with van der Waals surface area (Å²) in [7, 11) is 0. The van der Waals surface area contributed by atoms with Gasteiger partial charge in [0.2, 0.25) is 0 Å². The summed E-state index contributed by atoms with van der Waals surface area (Å²) in [6.07, 6.45) is 1.01. The second-order valence-corrected chi connectivity index (χ2v) is 5.69. The summed E-state index contributed by atoms with van der Waals surface area (Å²) < 4.78 is 18.9. The van der Waals surface area contributed by atoms with E-state index in [1.54, 1.807) is 18.2 Å². The minimum absolute atomic E-state index is 0.342. The molecule has 0 saturated carbocycles. The number of carboxylic acid groups (broad SMARTS) is 1. The fourth-order valence-corrected chi connectivity index (χ4v) is 3.03. The first kappa shape index (κ1) is 15.5. The minimum Gasteiger partial charge on any atom is -0.481 e. The Hall–Kier alpha value is -2.40. The predicted octanol–water partition coefficient (Wildman–Crippen LogP) is 3.32. The maximum absolute atomic E-state index is 13.0. The van der Waals surface area contributed by atoms with Crippen LogP contribution in [-0.4, -0.2) is 24.2 Å². The Kier molecular flexibility index (Phi) is 4.30. The molecule has 23 heavy (non-hydrogen) atoms. The molecule has 0 amide bonds. The van der Waals surface area contributed by atoms with E-state index < -0.39 is 11.4 Å². The number of para-hydroxylation sites is 1. The third kappa shape index (κ3) is 3.05. The van der Waals surface area contributed by atoms with E-state index in [4.69, 9.17) is 4.74 Å². The highest BCUT2D eigenvalue weighted by Gasteiger charge is 2.43. The van der Waals surface area contributed by atoms with Crippen molar-refractivity contribution in [2.45, 2.75) is 18.3 Å². The first-order chi connectivity index (χ1) is 11.1. The number of nitrogens with one attached hydrogen (secondary N) is 1. The van der Waals surface area contributed by atoms with Crippen molar-refractivity contribution in [3.63, 3.8) is 0 Å². The van der Waals surface area contributed by atoms with Crippen LogP contribution in [0.25, 0.3) is 0 Å². The lowest BCUT2D eigenvalue weighted by molar-refractivity contribution is -0.145. The molecule has 1 fully saturated rings. The molecule has 0 unspecified atom stereocenters. The number of aliphatic carboxylic acids is 1. The zero-order chi connectivity index (χ0) is 16.3. The summed E-state index contributed by atoms with van der Waals surface area (Å²) in [6, 6.07) is 12.9. The van der Waals surface area contributed by atoms with Gasteiger partial charge in [0.1, 0.15) is 17.3 Å². The zero-order valence-corrected chi connectivity index (χ0v) is 12.6. The molecular weight excluding hydrogens is 297 g/mol. The molecular formula is C18H18FNO3. The molecule has 0 spiro atoms. The van der Waals surface area contributed by atoms with E-state index in [2.05, 4.69) is 5.32 Å².